The smallest absolute Gasteiger partial charge is 0.307 e. The molecule has 0 heterocycles. The molecule has 4 nitrogen and oxygen atoms in total. The number of aliphatic carboxylic acids is 1. The molecule has 0 saturated heterocycles. The summed E-state index contributed by atoms with van der Waals surface area (Å²) in [5.41, 5.74) is 1.80. The van der Waals surface area contributed by atoms with E-state index in [1.165, 1.54) is 0 Å². The number of nitrogens with one attached hydrogen (secondary N) is 1. The zero-order valence-corrected chi connectivity index (χ0v) is 14.6. The number of hydrogen-bond acceptors (Lipinski definition) is 2. The fourth-order valence-electron chi connectivity index (χ4n) is 4.59. The Balaban J connectivity index is 1.88. The Kier molecular flexibility index (Phi) is 4.02. The second-order valence-corrected chi connectivity index (χ2v) is 8.18. The first-order valence-corrected chi connectivity index (χ1v) is 8.49. The number of amides is 1. The number of carbonyl (C=O) groups is 2. The number of anilines is 1. The van der Waals surface area contributed by atoms with Crippen molar-refractivity contribution in [2.75, 3.05) is 5.32 Å². The van der Waals surface area contributed by atoms with Crippen molar-refractivity contribution in [2.45, 2.75) is 27.7 Å². The minimum absolute atomic E-state index is 0.0125. The van der Waals surface area contributed by atoms with Crippen LogP contribution < -0.4 is 5.32 Å². The van der Waals surface area contributed by atoms with Gasteiger partial charge in [-0.15, -0.1) is 0 Å². The number of carbonyl (C=O) groups excluding carboxylic acids is 1. The van der Waals surface area contributed by atoms with Crippen LogP contribution in [0.3, 0.4) is 0 Å². The van der Waals surface area contributed by atoms with E-state index < -0.39 is 17.8 Å². The van der Waals surface area contributed by atoms with Crippen molar-refractivity contribution in [3.8, 4) is 0 Å². The minimum Gasteiger partial charge on any atom is -0.481 e. The van der Waals surface area contributed by atoms with Crippen LogP contribution in [0.1, 0.15) is 26.3 Å². The standard InChI is InChI=1S/C20H25NO3/c1-11-5-7-12(8-6-11)21-18(22)15-13-9-10-14(16(15)19(23)24)17(13)20(2,3)4/h5-10,13-17H,1-4H3,(H,21,22)(H,23,24). The van der Waals surface area contributed by atoms with Gasteiger partial charge < -0.3 is 10.4 Å². The van der Waals surface area contributed by atoms with Crippen LogP contribution in [0.25, 0.3) is 0 Å². The van der Waals surface area contributed by atoms with E-state index >= 15 is 0 Å². The molecule has 1 saturated carbocycles. The second kappa shape index (κ2) is 5.76. The third-order valence-corrected chi connectivity index (χ3v) is 5.51. The topological polar surface area (TPSA) is 66.4 Å². The highest BCUT2D eigenvalue weighted by atomic mass is 16.4. The molecule has 0 spiro atoms. The van der Waals surface area contributed by atoms with Gasteiger partial charge in [-0.25, -0.2) is 0 Å². The van der Waals surface area contributed by atoms with E-state index in [1.807, 2.05) is 37.3 Å². The first-order chi connectivity index (χ1) is 11.2. The Morgan fingerprint density at radius 2 is 1.54 bits per heavy atom. The lowest BCUT2D eigenvalue weighted by atomic mass is 9.73. The Hall–Kier alpha value is -2.10. The van der Waals surface area contributed by atoms with Gasteiger partial charge in [-0.05, 0) is 42.2 Å². The summed E-state index contributed by atoms with van der Waals surface area (Å²) < 4.78 is 0. The third kappa shape index (κ3) is 2.74. The molecule has 128 valence electrons. The molecule has 1 aromatic rings. The van der Waals surface area contributed by atoms with Crippen LogP contribution in [0.15, 0.2) is 36.4 Å². The second-order valence-electron chi connectivity index (χ2n) is 8.18. The molecule has 0 radical (unpaired) electrons. The molecule has 4 heteroatoms. The van der Waals surface area contributed by atoms with Crippen molar-refractivity contribution >= 4 is 17.6 Å². The predicted molar refractivity (Wildman–Crippen MR) is 93.5 cm³/mol. The first kappa shape index (κ1) is 16.7. The van der Waals surface area contributed by atoms with Crippen LogP contribution in [0, 0.1) is 41.9 Å². The summed E-state index contributed by atoms with van der Waals surface area (Å²) in [6.07, 6.45) is 4.06. The van der Waals surface area contributed by atoms with Crippen molar-refractivity contribution in [1.29, 1.82) is 0 Å². The summed E-state index contributed by atoms with van der Waals surface area (Å²) in [6, 6.07) is 7.58. The maximum atomic E-state index is 12.9. The quantitative estimate of drug-likeness (QED) is 0.831. The van der Waals surface area contributed by atoms with Gasteiger partial charge in [0.15, 0.2) is 0 Å². The Morgan fingerprint density at radius 3 is 2.04 bits per heavy atom. The molecule has 2 aliphatic rings. The summed E-state index contributed by atoms with van der Waals surface area (Å²) in [6.45, 7) is 8.37. The predicted octanol–water partition coefficient (Wildman–Crippen LogP) is 3.73. The van der Waals surface area contributed by atoms with E-state index in [-0.39, 0.29) is 29.1 Å². The minimum atomic E-state index is -0.870. The van der Waals surface area contributed by atoms with Crippen molar-refractivity contribution < 1.29 is 14.7 Å². The van der Waals surface area contributed by atoms with E-state index in [9.17, 15) is 14.7 Å². The normalized spacial score (nSPS) is 31.2. The summed E-state index contributed by atoms with van der Waals surface area (Å²) in [4.78, 5) is 24.7. The molecule has 5 unspecified atom stereocenters. The molecule has 2 bridgehead atoms. The number of carboxylic acid groups (broad SMARTS) is 1. The fraction of sp³-hybridized carbons (Fsp3) is 0.500. The molecule has 2 aliphatic carbocycles. The lowest BCUT2D eigenvalue weighted by molar-refractivity contribution is -0.146. The first-order valence-electron chi connectivity index (χ1n) is 8.49. The van der Waals surface area contributed by atoms with Crippen molar-refractivity contribution in [3.05, 3.63) is 42.0 Å². The van der Waals surface area contributed by atoms with E-state index in [1.54, 1.807) is 0 Å². The van der Waals surface area contributed by atoms with Crippen LogP contribution in [0.5, 0.6) is 0 Å². The lowest BCUT2D eigenvalue weighted by Gasteiger charge is -2.31. The van der Waals surface area contributed by atoms with Crippen molar-refractivity contribution in [3.63, 3.8) is 0 Å². The van der Waals surface area contributed by atoms with Crippen molar-refractivity contribution in [2.24, 2.45) is 35.0 Å². The average Bonchev–Trinajstić information content (AvgIpc) is 3.05. The number of fused-ring (bicyclic) bond motifs is 2. The molecule has 0 aliphatic heterocycles. The molecule has 1 aromatic carbocycles. The maximum Gasteiger partial charge on any atom is 0.307 e. The molecule has 2 N–H and O–H groups in total. The summed E-state index contributed by atoms with van der Waals surface area (Å²) in [7, 11) is 0. The number of rotatable bonds is 3. The van der Waals surface area contributed by atoms with Crippen LogP contribution >= 0.6 is 0 Å². The Morgan fingerprint density at radius 1 is 1.00 bits per heavy atom. The summed E-state index contributed by atoms with van der Waals surface area (Å²) in [5.74, 6) is -2.10. The van der Waals surface area contributed by atoms with Crippen molar-refractivity contribution in [1.82, 2.24) is 0 Å². The SMILES string of the molecule is Cc1ccc(NC(=O)C2C3C=CC(C2C(=O)O)C3C(C)(C)C)cc1. The molecule has 24 heavy (non-hydrogen) atoms. The van der Waals surface area contributed by atoms with Gasteiger partial charge in [0.2, 0.25) is 5.91 Å². The van der Waals surface area contributed by atoms with Gasteiger partial charge in [0, 0.05) is 5.69 Å². The zero-order chi connectivity index (χ0) is 17.6. The number of aryl methyl sites for hydroxylation is 1. The van der Waals surface area contributed by atoms with Gasteiger partial charge >= 0.3 is 5.97 Å². The van der Waals surface area contributed by atoms with E-state index in [0.29, 0.717) is 5.69 Å². The molecular weight excluding hydrogens is 302 g/mol. The van der Waals surface area contributed by atoms with E-state index in [4.69, 9.17) is 0 Å². The average molecular weight is 327 g/mol. The van der Waals surface area contributed by atoms with Crippen LogP contribution in [0.4, 0.5) is 5.69 Å². The fourth-order valence-corrected chi connectivity index (χ4v) is 4.59. The molecule has 1 fully saturated rings. The maximum absolute atomic E-state index is 12.9. The molecular formula is C20H25NO3. The van der Waals surface area contributed by atoms with Gasteiger partial charge in [-0.2, -0.15) is 0 Å². The van der Waals surface area contributed by atoms with Gasteiger partial charge in [0.25, 0.3) is 0 Å². The molecule has 0 aromatic heterocycles. The monoisotopic (exact) mass is 327 g/mol. The molecule has 3 rings (SSSR count). The van der Waals surface area contributed by atoms with Gasteiger partial charge in [0.1, 0.15) is 0 Å². The van der Waals surface area contributed by atoms with Crippen LogP contribution in [0.2, 0.25) is 0 Å². The lowest BCUT2D eigenvalue weighted by Crippen LogP contribution is -2.36. The van der Waals surface area contributed by atoms with Gasteiger partial charge in [-0.1, -0.05) is 50.6 Å². The highest BCUT2D eigenvalue weighted by Crippen LogP contribution is 2.58. The Bertz CT molecular complexity index is 684. The largest absolute Gasteiger partial charge is 0.481 e. The molecule has 1 amide bonds. The summed E-state index contributed by atoms with van der Waals surface area (Å²) >= 11 is 0. The van der Waals surface area contributed by atoms with Crippen LogP contribution in [-0.4, -0.2) is 17.0 Å². The number of hydrogen-bond donors (Lipinski definition) is 2. The summed E-state index contributed by atoms with van der Waals surface area (Å²) in [5, 5.41) is 12.6. The van der Waals surface area contributed by atoms with E-state index in [0.717, 1.165) is 5.56 Å². The van der Waals surface area contributed by atoms with Gasteiger partial charge in [0.05, 0.1) is 11.8 Å². The van der Waals surface area contributed by atoms with E-state index in [2.05, 4.69) is 32.2 Å². The number of allylic oxidation sites excluding steroid dienone is 2. The number of carboxylic acids is 1. The highest BCUT2D eigenvalue weighted by Gasteiger charge is 2.60. The van der Waals surface area contributed by atoms with Gasteiger partial charge in [-0.3, -0.25) is 9.59 Å². The van der Waals surface area contributed by atoms with Crippen LogP contribution in [-0.2, 0) is 9.59 Å². The Labute approximate surface area is 143 Å². The zero-order valence-electron chi connectivity index (χ0n) is 14.6. The highest BCUT2D eigenvalue weighted by molar-refractivity contribution is 5.96. The number of benzene rings is 1. The third-order valence-electron chi connectivity index (χ3n) is 5.51. The molecule has 5 atom stereocenters.